The highest BCUT2D eigenvalue weighted by molar-refractivity contribution is 14.1. The van der Waals surface area contributed by atoms with E-state index in [1.54, 1.807) is 0 Å². The van der Waals surface area contributed by atoms with Gasteiger partial charge in [0.2, 0.25) is 0 Å². The van der Waals surface area contributed by atoms with Crippen LogP contribution < -0.4 is 4.74 Å². The Hall–Kier alpha value is -0.153. The van der Waals surface area contributed by atoms with Crippen LogP contribution in [-0.2, 0) is 13.9 Å². The fourth-order valence-electron chi connectivity index (χ4n) is 1.64. The molecule has 0 bridgehead atoms. The van der Waals surface area contributed by atoms with Crippen LogP contribution in [0.15, 0.2) is 24.3 Å². The van der Waals surface area contributed by atoms with Gasteiger partial charge in [-0.3, -0.25) is 0 Å². The van der Waals surface area contributed by atoms with Crippen LogP contribution in [0.4, 0.5) is 0 Å². The first-order valence-electron chi connectivity index (χ1n) is 8.40. The zero-order valence-electron chi connectivity index (χ0n) is 15.6. The molecule has 0 aliphatic carbocycles. The van der Waals surface area contributed by atoms with Gasteiger partial charge in [-0.05, 0) is 65.0 Å². The van der Waals surface area contributed by atoms with Gasteiger partial charge in [-0.25, -0.2) is 0 Å². The summed E-state index contributed by atoms with van der Waals surface area (Å²) < 4.78 is 23.9. The van der Waals surface area contributed by atoms with E-state index in [0.29, 0.717) is 39.6 Å². The molecule has 0 spiro atoms. The van der Waals surface area contributed by atoms with Crippen molar-refractivity contribution in [3.63, 3.8) is 0 Å². The van der Waals surface area contributed by atoms with Crippen LogP contribution in [0.25, 0.3) is 0 Å². The van der Waals surface area contributed by atoms with E-state index in [1.807, 2.05) is 24.3 Å². The van der Waals surface area contributed by atoms with E-state index in [0.717, 1.165) is 5.75 Å². The molecule has 0 radical (unpaired) electrons. The largest absolute Gasteiger partial charge is 0.491 e. The third-order valence-electron chi connectivity index (χ3n) is 4.18. The van der Waals surface area contributed by atoms with Crippen molar-refractivity contribution in [1.29, 1.82) is 0 Å². The summed E-state index contributed by atoms with van der Waals surface area (Å²) in [6.45, 7) is 14.8. The molecule has 0 atom stereocenters. The van der Waals surface area contributed by atoms with Crippen molar-refractivity contribution in [2.24, 2.45) is 0 Å². The average Bonchev–Trinajstić information content (AvgIpc) is 2.49. The first kappa shape index (κ1) is 21.9. The number of hydrogen-bond acceptors (Lipinski definition) is 4. The lowest BCUT2D eigenvalue weighted by Crippen LogP contribution is -2.41. The molecule has 0 unspecified atom stereocenters. The molecule has 1 rings (SSSR count). The second-order valence-electron chi connectivity index (χ2n) is 7.14. The fraction of sp³-hybridized carbons (Fsp3) is 0.667. The number of hydrogen-bond donors (Lipinski definition) is 0. The molecule has 24 heavy (non-hydrogen) atoms. The minimum absolute atomic E-state index is 0.243. The highest BCUT2D eigenvalue weighted by Crippen LogP contribution is 2.36. The lowest BCUT2D eigenvalue weighted by atomic mass is 10.2. The van der Waals surface area contributed by atoms with E-state index in [2.05, 4.69) is 56.5 Å². The Morgan fingerprint density at radius 3 is 1.88 bits per heavy atom. The van der Waals surface area contributed by atoms with Crippen molar-refractivity contribution in [3.8, 4) is 5.75 Å². The number of halogens is 1. The molecule has 4 nitrogen and oxygen atoms in total. The molecular formula is C18H31IO4Si. The zero-order chi connectivity index (χ0) is 18.1. The first-order valence-corrected chi connectivity index (χ1v) is 12.4. The van der Waals surface area contributed by atoms with Crippen molar-refractivity contribution in [2.75, 3.05) is 39.6 Å². The molecule has 0 aliphatic heterocycles. The van der Waals surface area contributed by atoms with E-state index in [1.165, 1.54) is 3.57 Å². The fourth-order valence-corrected chi connectivity index (χ4v) is 3.03. The molecule has 0 fully saturated rings. The summed E-state index contributed by atoms with van der Waals surface area (Å²) in [7, 11) is -1.66. The van der Waals surface area contributed by atoms with Crippen LogP contribution in [0.1, 0.15) is 20.8 Å². The summed E-state index contributed by atoms with van der Waals surface area (Å²) in [5.74, 6) is 0.873. The Balaban J connectivity index is 1.95. The molecule has 0 aromatic heterocycles. The van der Waals surface area contributed by atoms with Gasteiger partial charge in [0, 0.05) is 3.57 Å². The Bertz CT molecular complexity index is 457. The monoisotopic (exact) mass is 466 g/mol. The van der Waals surface area contributed by atoms with Crippen LogP contribution in [0.2, 0.25) is 18.1 Å². The second-order valence-corrected chi connectivity index (χ2v) is 13.2. The van der Waals surface area contributed by atoms with Crippen molar-refractivity contribution in [3.05, 3.63) is 27.8 Å². The zero-order valence-corrected chi connectivity index (χ0v) is 18.7. The number of ether oxygens (including phenoxy) is 3. The molecule has 1 aromatic rings. The Morgan fingerprint density at radius 2 is 1.33 bits per heavy atom. The minimum atomic E-state index is -1.66. The molecule has 1 aromatic carbocycles. The Kier molecular flexibility index (Phi) is 9.81. The predicted octanol–water partition coefficient (Wildman–Crippen LogP) is 4.73. The second kappa shape index (κ2) is 10.8. The quantitative estimate of drug-likeness (QED) is 0.269. The standard InChI is InChI=1S/C18H31IO4Si/c1-18(2,3)24(4,5)23-15-13-21-11-10-20-12-14-22-17-8-6-16(19)7-9-17/h6-9H,10-15H2,1-5H3. The average molecular weight is 466 g/mol. The molecule has 0 saturated carbocycles. The molecule has 0 saturated heterocycles. The summed E-state index contributed by atoms with van der Waals surface area (Å²) in [4.78, 5) is 0. The summed E-state index contributed by atoms with van der Waals surface area (Å²) in [6.07, 6.45) is 0. The van der Waals surface area contributed by atoms with Gasteiger partial charge in [0.15, 0.2) is 8.32 Å². The van der Waals surface area contributed by atoms with E-state index >= 15 is 0 Å². The Labute approximate surface area is 161 Å². The molecule has 6 heteroatoms. The molecule has 0 aliphatic rings. The van der Waals surface area contributed by atoms with Gasteiger partial charge < -0.3 is 18.6 Å². The van der Waals surface area contributed by atoms with E-state index < -0.39 is 8.32 Å². The number of benzene rings is 1. The molecule has 0 heterocycles. The smallest absolute Gasteiger partial charge is 0.192 e. The summed E-state index contributed by atoms with van der Waals surface area (Å²) in [5.41, 5.74) is 0. The topological polar surface area (TPSA) is 36.9 Å². The summed E-state index contributed by atoms with van der Waals surface area (Å²) >= 11 is 2.27. The van der Waals surface area contributed by atoms with Gasteiger partial charge in [-0.1, -0.05) is 20.8 Å². The van der Waals surface area contributed by atoms with E-state index in [9.17, 15) is 0 Å². The van der Waals surface area contributed by atoms with Crippen molar-refractivity contribution in [2.45, 2.75) is 38.9 Å². The summed E-state index contributed by atoms with van der Waals surface area (Å²) in [6, 6.07) is 7.98. The lowest BCUT2D eigenvalue weighted by molar-refractivity contribution is 0.0260. The molecule has 138 valence electrons. The third kappa shape index (κ3) is 8.80. The maximum atomic E-state index is 6.05. The predicted molar refractivity (Wildman–Crippen MR) is 109 cm³/mol. The van der Waals surface area contributed by atoms with Gasteiger partial charge in [0.05, 0.1) is 33.0 Å². The molecular weight excluding hydrogens is 435 g/mol. The highest BCUT2D eigenvalue weighted by atomic mass is 127. The maximum absolute atomic E-state index is 6.05. The highest BCUT2D eigenvalue weighted by Gasteiger charge is 2.36. The van der Waals surface area contributed by atoms with Gasteiger partial charge >= 0.3 is 0 Å². The van der Waals surface area contributed by atoms with Gasteiger partial charge in [-0.2, -0.15) is 0 Å². The normalized spacial score (nSPS) is 12.4. The van der Waals surface area contributed by atoms with Crippen LogP contribution >= 0.6 is 22.6 Å². The van der Waals surface area contributed by atoms with Crippen LogP contribution in [-0.4, -0.2) is 48.0 Å². The van der Waals surface area contributed by atoms with Gasteiger partial charge in [-0.15, -0.1) is 0 Å². The van der Waals surface area contributed by atoms with Crippen LogP contribution in [0.3, 0.4) is 0 Å². The van der Waals surface area contributed by atoms with E-state index in [4.69, 9.17) is 18.6 Å². The van der Waals surface area contributed by atoms with Gasteiger partial charge in [0.1, 0.15) is 12.4 Å². The number of rotatable bonds is 11. The van der Waals surface area contributed by atoms with Crippen LogP contribution in [0, 0.1) is 3.57 Å². The lowest BCUT2D eigenvalue weighted by Gasteiger charge is -2.36. The third-order valence-corrected chi connectivity index (χ3v) is 9.44. The molecule has 0 amide bonds. The van der Waals surface area contributed by atoms with E-state index in [-0.39, 0.29) is 5.04 Å². The maximum Gasteiger partial charge on any atom is 0.192 e. The SMILES string of the molecule is CC(C)(C)[Si](C)(C)OCCOCCOCCOc1ccc(I)cc1. The Morgan fingerprint density at radius 1 is 0.833 bits per heavy atom. The van der Waals surface area contributed by atoms with Crippen molar-refractivity contribution >= 4 is 30.9 Å². The van der Waals surface area contributed by atoms with Crippen molar-refractivity contribution in [1.82, 2.24) is 0 Å². The van der Waals surface area contributed by atoms with Crippen LogP contribution in [0.5, 0.6) is 5.75 Å². The van der Waals surface area contributed by atoms with Gasteiger partial charge in [0.25, 0.3) is 0 Å². The molecule has 0 N–H and O–H groups in total. The summed E-state index contributed by atoms with van der Waals surface area (Å²) in [5, 5.41) is 0.243. The first-order chi connectivity index (χ1) is 11.2. The minimum Gasteiger partial charge on any atom is -0.491 e. The van der Waals surface area contributed by atoms with Crippen molar-refractivity contribution < 1.29 is 18.6 Å².